The summed E-state index contributed by atoms with van der Waals surface area (Å²) in [6.45, 7) is 5.24. The van der Waals surface area contributed by atoms with Crippen LogP contribution in [0.25, 0.3) is 0 Å². The number of halogens is 1. The average Bonchev–Trinajstić information content (AvgIpc) is 2.92. The van der Waals surface area contributed by atoms with Gasteiger partial charge in [-0.25, -0.2) is 4.39 Å². The predicted molar refractivity (Wildman–Crippen MR) is 80.7 cm³/mol. The minimum absolute atomic E-state index is 0.223. The summed E-state index contributed by atoms with van der Waals surface area (Å²) < 4.78 is 25.0. The van der Waals surface area contributed by atoms with Gasteiger partial charge in [0.15, 0.2) is 0 Å². The number of hydrogen-bond donors (Lipinski definition) is 1. The summed E-state index contributed by atoms with van der Waals surface area (Å²) in [5.74, 6) is 1.22. The lowest BCUT2D eigenvalue weighted by Crippen LogP contribution is -2.23. The molecule has 2 aromatic rings. The maximum atomic E-state index is 14.2. The van der Waals surface area contributed by atoms with Gasteiger partial charge in [0.05, 0.1) is 6.04 Å². The Hall–Kier alpha value is -1.65. The zero-order chi connectivity index (χ0) is 15.2. The van der Waals surface area contributed by atoms with Crippen LogP contribution in [0.15, 0.2) is 34.7 Å². The first-order valence-corrected chi connectivity index (χ1v) is 7.22. The van der Waals surface area contributed by atoms with E-state index in [1.165, 1.54) is 6.07 Å². The van der Waals surface area contributed by atoms with Crippen molar-refractivity contribution in [3.63, 3.8) is 0 Å². The molecule has 0 amide bonds. The zero-order valence-corrected chi connectivity index (χ0v) is 12.8. The Morgan fingerprint density at radius 1 is 1.29 bits per heavy atom. The lowest BCUT2D eigenvalue weighted by Gasteiger charge is -2.18. The number of hydrogen-bond acceptors (Lipinski definition) is 3. The minimum Gasteiger partial charge on any atom is -0.462 e. The summed E-state index contributed by atoms with van der Waals surface area (Å²) in [7, 11) is 1.62. The molecule has 0 fully saturated rings. The molecular formula is C17H22FNO2. The van der Waals surface area contributed by atoms with Crippen molar-refractivity contribution >= 4 is 0 Å². The van der Waals surface area contributed by atoms with E-state index >= 15 is 0 Å². The summed E-state index contributed by atoms with van der Waals surface area (Å²) in [6, 6.07) is 8.60. The van der Waals surface area contributed by atoms with Crippen molar-refractivity contribution in [2.24, 2.45) is 0 Å². The molecule has 0 aliphatic heterocycles. The highest BCUT2D eigenvalue weighted by Gasteiger charge is 2.20. The van der Waals surface area contributed by atoms with E-state index in [1.54, 1.807) is 13.2 Å². The lowest BCUT2D eigenvalue weighted by atomic mass is 10.0. The van der Waals surface area contributed by atoms with Gasteiger partial charge in [-0.3, -0.25) is 0 Å². The quantitative estimate of drug-likeness (QED) is 0.838. The van der Waals surface area contributed by atoms with Crippen molar-refractivity contribution in [3.05, 3.63) is 58.8 Å². The molecule has 0 aliphatic rings. The van der Waals surface area contributed by atoms with E-state index in [0.717, 1.165) is 24.3 Å². The van der Waals surface area contributed by atoms with Gasteiger partial charge in [-0.15, -0.1) is 0 Å². The molecule has 1 aromatic heterocycles. The van der Waals surface area contributed by atoms with Crippen molar-refractivity contribution in [2.75, 3.05) is 13.7 Å². The van der Waals surface area contributed by atoms with Gasteiger partial charge in [-0.05, 0) is 38.1 Å². The van der Waals surface area contributed by atoms with Crippen LogP contribution in [-0.4, -0.2) is 13.7 Å². The molecule has 1 heterocycles. The molecule has 1 aromatic carbocycles. The van der Waals surface area contributed by atoms with Gasteiger partial charge in [0.1, 0.15) is 23.9 Å². The normalized spacial score (nSPS) is 12.6. The standard InChI is InChI=1S/C17H22FNO2/c1-4-9-19-17(14-10-12(2)5-7-15(14)18)16-8-6-13(21-16)11-20-3/h5-8,10,17,19H,4,9,11H2,1-3H3. The van der Waals surface area contributed by atoms with Crippen LogP contribution < -0.4 is 5.32 Å². The number of aryl methyl sites for hydroxylation is 1. The van der Waals surface area contributed by atoms with E-state index < -0.39 is 0 Å². The Morgan fingerprint density at radius 2 is 2.10 bits per heavy atom. The molecule has 4 heteroatoms. The summed E-state index contributed by atoms with van der Waals surface area (Å²) in [4.78, 5) is 0. The topological polar surface area (TPSA) is 34.4 Å². The number of rotatable bonds is 7. The molecular weight excluding hydrogens is 269 g/mol. The second-order valence-electron chi connectivity index (χ2n) is 5.15. The largest absolute Gasteiger partial charge is 0.462 e. The van der Waals surface area contributed by atoms with Gasteiger partial charge in [-0.1, -0.05) is 24.6 Å². The van der Waals surface area contributed by atoms with Crippen LogP contribution >= 0.6 is 0 Å². The summed E-state index contributed by atoms with van der Waals surface area (Å²) in [5.41, 5.74) is 1.64. The minimum atomic E-state index is -0.282. The van der Waals surface area contributed by atoms with Gasteiger partial charge in [0.2, 0.25) is 0 Å². The van der Waals surface area contributed by atoms with Crippen LogP contribution in [0, 0.1) is 12.7 Å². The molecule has 0 spiro atoms. The molecule has 2 rings (SSSR count). The van der Waals surface area contributed by atoms with E-state index in [-0.39, 0.29) is 11.9 Å². The number of furan rings is 1. The number of nitrogens with one attached hydrogen (secondary N) is 1. The van der Waals surface area contributed by atoms with Crippen LogP contribution in [0.3, 0.4) is 0 Å². The molecule has 0 bridgehead atoms. The lowest BCUT2D eigenvalue weighted by molar-refractivity contribution is 0.162. The molecule has 114 valence electrons. The maximum Gasteiger partial charge on any atom is 0.129 e. The van der Waals surface area contributed by atoms with Crippen LogP contribution in [-0.2, 0) is 11.3 Å². The van der Waals surface area contributed by atoms with Crippen molar-refractivity contribution in [2.45, 2.75) is 32.9 Å². The second kappa shape index (κ2) is 7.38. The second-order valence-corrected chi connectivity index (χ2v) is 5.15. The van der Waals surface area contributed by atoms with Gasteiger partial charge in [0, 0.05) is 12.7 Å². The average molecular weight is 291 g/mol. The van der Waals surface area contributed by atoms with Gasteiger partial charge in [0.25, 0.3) is 0 Å². The summed E-state index contributed by atoms with van der Waals surface area (Å²) >= 11 is 0. The highest BCUT2D eigenvalue weighted by atomic mass is 19.1. The van der Waals surface area contributed by atoms with Crippen molar-refractivity contribution in [3.8, 4) is 0 Å². The molecule has 3 nitrogen and oxygen atoms in total. The van der Waals surface area contributed by atoms with Crippen LogP contribution in [0.5, 0.6) is 0 Å². The summed E-state index contributed by atoms with van der Waals surface area (Å²) in [6.07, 6.45) is 0.968. The SMILES string of the molecule is CCCNC(c1ccc(COC)o1)c1cc(C)ccc1F. The van der Waals surface area contributed by atoms with Crippen molar-refractivity contribution < 1.29 is 13.5 Å². The summed E-state index contributed by atoms with van der Waals surface area (Å²) in [5, 5.41) is 3.35. The van der Waals surface area contributed by atoms with Gasteiger partial charge < -0.3 is 14.5 Å². The molecule has 1 N–H and O–H groups in total. The number of ether oxygens (including phenoxy) is 1. The highest BCUT2D eigenvalue weighted by Crippen LogP contribution is 2.27. The van der Waals surface area contributed by atoms with E-state index in [2.05, 4.69) is 12.2 Å². The van der Waals surface area contributed by atoms with E-state index in [1.807, 2.05) is 25.1 Å². The molecule has 21 heavy (non-hydrogen) atoms. The Kier molecular flexibility index (Phi) is 5.53. The van der Waals surface area contributed by atoms with E-state index in [4.69, 9.17) is 9.15 Å². The molecule has 0 radical (unpaired) electrons. The third kappa shape index (κ3) is 3.93. The molecule has 0 saturated heterocycles. The third-order valence-electron chi connectivity index (χ3n) is 3.31. The maximum absolute atomic E-state index is 14.2. The van der Waals surface area contributed by atoms with Crippen molar-refractivity contribution in [1.82, 2.24) is 5.32 Å². The van der Waals surface area contributed by atoms with Gasteiger partial charge in [-0.2, -0.15) is 0 Å². The monoisotopic (exact) mass is 291 g/mol. The molecule has 1 atom stereocenters. The first kappa shape index (κ1) is 15.7. The Morgan fingerprint density at radius 3 is 2.81 bits per heavy atom. The first-order chi connectivity index (χ1) is 10.2. The van der Waals surface area contributed by atoms with E-state index in [0.29, 0.717) is 17.9 Å². The number of methoxy groups -OCH3 is 1. The van der Waals surface area contributed by atoms with Gasteiger partial charge >= 0.3 is 0 Å². The van der Waals surface area contributed by atoms with Crippen LogP contribution in [0.2, 0.25) is 0 Å². The Balaban J connectivity index is 2.34. The fraction of sp³-hybridized carbons (Fsp3) is 0.412. The molecule has 1 unspecified atom stereocenters. The van der Waals surface area contributed by atoms with E-state index in [9.17, 15) is 4.39 Å². The highest BCUT2D eigenvalue weighted by molar-refractivity contribution is 5.32. The first-order valence-electron chi connectivity index (χ1n) is 7.22. The predicted octanol–water partition coefficient (Wildman–Crippen LogP) is 3.96. The molecule has 0 saturated carbocycles. The third-order valence-corrected chi connectivity index (χ3v) is 3.31. The fourth-order valence-corrected chi connectivity index (χ4v) is 2.31. The fourth-order valence-electron chi connectivity index (χ4n) is 2.31. The number of benzene rings is 1. The van der Waals surface area contributed by atoms with Crippen LogP contribution in [0.1, 0.15) is 42.0 Å². The van der Waals surface area contributed by atoms with Crippen LogP contribution in [0.4, 0.5) is 4.39 Å². The molecule has 0 aliphatic carbocycles. The van der Waals surface area contributed by atoms with Crippen molar-refractivity contribution in [1.29, 1.82) is 0 Å². The smallest absolute Gasteiger partial charge is 0.129 e. The zero-order valence-electron chi connectivity index (χ0n) is 12.8. The Bertz CT molecular complexity index is 580. The Labute approximate surface area is 125 Å².